The third kappa shape index (κ3) is 11.5. The van der Waals surface area contributed by atoms with Crippen LogP contribution in [0.3, 0.4) is 0 Å². The number of carbonyl (C=O) groups excluding carboxylic acids is 2. The first-order valence-corrected chi connectivity index (χ1v) is 18.1. The van der Waals surface area contributed by atoms with E-state index in [1.165, 1.54) is 38.1 Å². The minimum Gasteiger partial charge on any atom is -0.492 e. The summed E-state index contributed by atoms with van der Waals surface area (Å²) in [7, 11) is 0. The number of rotatable bonds is 19. The number of fused-ring (bicyclic) bond motifs is 3. The molecule has 1 aromatic heterocycles. The molecule has 2 amide bonds. The van der Waals surface area contributed by atoms with E-state index >= 15 is 13.2 Å². The van der Waals surface area contributed by atoms with Crippen LogP contribution >= 0.6 is 0 Å². The number of unbranched alkanes of at least 4 members (excludes halogenated alkanes) is 2. The molecule has 1 aliphatic heterocycles. The summed E-state index contributed by atoms with van der Waals surface area (Å²) in [6.07, 6.45) is 15.3. The molecule has 2 aromatic carbocycles. The number of carbonyl (C=O) groups is 2. The molecule has 2 heterocycles. The Bertz CT molecular complexity index is 1730. The molecular weight excluding hydrogens is 667 g/mol. The fourth-order valence-electron chi connectivity index (χ4n) is 6.48. The smallest absolute Gasteiger partial charge is 0.243 e. The molecule has 0 aliphatic carbocycles. The molecule has 280 valence electrons. The number of ether oxygens (including phenoxy) is 1. The van der Waals surface area contributed by atoms with Gasteiger partial charge >= 0.3 is 0 Å². The molecule has 0 unspecified atom stereocenters. The van der Waals surface area contributed by atoms with Gasteiger partial charge in [-0.1, -0.05) is 43.7 Å². The molecule has 2 atom stereocenters. The quantitative estimate of drug-likeness (QED) is 0.0724. The molecule has 8 nitrogen and oxygen atoms in total. The number of aromatic amines is 1. The van der Waals surface area contributed by atoms with Crippen molar-refractivity contribution in [2.45, 2.75) is 77.6 Å². The van der Waals surface area contributed by atoms with E-state index in [0.717, 1.165) is 29.3 Å². The Labute approximate surface area is 305 Å². The molecule has 4 rings (SSSR count). The predicted molar refractivity (Wildman–Crippen MR) is 201 cm³/mol. The van der Waals surface area contributed by atoms with Crippen LogP contribution < -0.4 is 15.4 Å². The first kappa shape index (κ1) is 40.2. The van der Waals surface area contributed by atoms with E-state index in [-0.39, 0.29) is 42.3 Å². The maximum Gasteiger partial charge on any atom is 0.243 e. The third-order valence-electron chi connectivity index (χ3n) is 8.97. The van der Waals surface area contributed by atoms with Gasteiger partial charge in [-0.3, -0.25) is 19.4 Å². The SMILES string of the molecule is C#CCCCNC(=O)/C=C/CN(C/C=C/C(=O)NCCCC)CCOc1cc(F)c([C@@H]2c3[nH]c4ccccc4c3C[C@@H](C)N2CC(C)(C)F)c(F)c1. The maximum atomic E-state index is 16.1. The molecule has 0 spiro atoms. The van der Waals surface area contributed by atoms with Crippen molar-refractivity contribution in [2.24, 2.45) is 0 Å². The van der Waals surface area contributed by atoms with E-state index in [9.17, 15) is 9.59 Å². The zero-order valence-electron chi connectivity index (χ0n) is 30.7. The van der Waals surface area contributed by atoms with E-state index in [2.05, 4.69) is 21.5 Å². The van der Waals surface area contributed by atoms with Gasteiger partial charge in [0.1, 0.15) is 29.7 Å². The van der Waals surface area contributed by atoms with Gasteiger partial charge < -0.3 is 20.4 Å². The summed E-state index contributed by atoms with van der Waals surface area (Å²) in [5.74, 6) is 0.539. The average molecular weight is 720 g/mol. The third-order valence-corrected chi connectivity index (χ3v) is 8.97. The monoisotopic (exact) mass is 719 g/mol. The highest BCUT2D eigenvalue weighted by Gasteiger charge is 2.41. The summed E-state index contributed by atoms with van der Waals surface area (Å²) in [5, 5.41) is 6.60. The molecule has 1 aliphatic rings. The number of terminal acetylenes is 1. The van der Waals surface area contributed by atoms with Crippen molar-refractivity contribution < 1.29 is 27.5 Å². The van der Waals surface area contributed by atoms with Crippen LogP contribution in [0.25, 0.3) is 10.9 Å². The fourth-order valence-corrected chi connectivity index (χ4v) is 6.48. The Kier molecular flexibility index (Phi) is 15.0. The Morgan fingerprint density at radius 1 is 1.08 bits per heavy atom. The highest BCUT2D eigenvalue weighted by Crippen LogP contribution is 2.43. The second-order valence-corrected chi connectivity index (χ2v) is 13.9. The number of H-pyrrole nitrogens is 1. The Hall–Kier alpha value is -4.53. The fraction of sp³-hybridized carbons (Fsp3) is 0.463. The van der Waals surface area contributed by atoms with E-state index in [4.69, 9.17) is 11.2 Å². The minimum absolute atomic E-state index is 0.0165. The van der Waals surface area contributed by atoms with Crippen molar-refractivity contribution in [2.75, 3.05) is 45.9 Å². The standard InChI is InChI=1S/C41H52F3N5O3/c1-6-8-12-20-46-37(51)18-14-22-48(21-13-17-36(50)45-19-9-7-2)23-24-52-30-26-33(42)38(34(43)27-30)40-39-32(31-15-10-11-16-35(31)47-39)25-29(3)49(40)28-41(4,5)44/h1,10-11,13-18,26-27,29,40,47H,7-9,12,19-25,28H2,2-5H3,(H,45,50)(H,46,51)/b17-13+,18-14+/t29-,40-/m1/s1. The van der Waals surface area contributed by atoms with Crippen LogP contribution in [0.5, 0.6) is 5.75 Å². The summed E-state index contributed by atoms with van der Waals surface area (Å²) in [6.45, 7) is 9.13. The van der Waals surface area contributed by atoms with Crippen LogP contribution in [0, 0.1) is 24.0 Å². The van der Waals surface area contributed by atoms with Crippen molar-refractivity contribution in [3.05, 3.63) is 89.2 Å². The summed E-state index contributed by atoms with van der Waals surface area (Å²) < 4.78 is 53.2. The van der Waals surface area contributed by atoms with Crippen LogP contribution in [0.1, 0.15) is 76.2 Å². The van der Waals surface area contributed by atoms with Crippen molar-refractivity contribution in [3.63, 3.8) is 0 Å². The Balaban J connectivity index is 1.49. The van der Waals surface area contributed by atoms with Gasteiger partial charge in [-0.05, 0) is 51.7 Å². The normalized spacial score (nSPS) is 16.4. The van der Waals surface area contributed by atoms with E-state index in [1.54, 1.807) is 12.2 Å². The van der Waals surface area contributed by atoms with Crippen molar-refractivity contribution >= 4 is 22.7 Å². The number of halogens is 3. The van der Waals surface area contributed by atoms with Gasteiger partial charge in [0.2, 0.25) is 11.8 Å². The van der Waals surface area contributed by atoms with Gasteiger partial charge in [-0.25, -0.2) is 13.2 Å². The molecule has 0 saturated carbocycles. The van der Waals surface area contributed by atoms with Crippen molar-refractivity contribution in [1.29, 1.82) is 0 Å². The van der Waals surface area contributed by atoms with Crippen molar-refractivity contribution in [3.8, 4) is 18.1 Å². The van der Waals surface area contributed by atoms with Gasteiger partial charge in [0.15, 0.2) is 0 Å². The second kappa shape index (κ2) is 19.3. The van der Waals surface area contributed by atoms with Crippen LogP contribution in [0.15, 0.2) is 60.7 Å². The molecule has 3 aromatic rings. The molecule has 0 fully saturated rings. The summed E-state index contributed by atoms with van der Waals surface area (Å²) in [6, 6.07) is 9.04. The van der Waals surface area contributed by atoms with Crippen molar-refractivity contribution in [1.82, 2.24) is 25.4 Å². The van der Waals surface area contributed by atoms with Crippen LogP contribution in [-0.4, -0.2) is 84.2 Å². The number of hydrogen-bond donors (Lipinski definition) is 3. The molecule has 0 radical (unpaired) electrons. The highest BCUT2D eigenvalue weighted by atomic mass is 19.1. The number of para-hydroxylation sites is 1. The molecule has 3 N–H and O–H groups in total. The Morgan fingerprint density at radius 3 is 2.33 bits per heavy atom. The van der Waals surface area contributed by atoms with Gasteiger partial charge in [0, 0.05) is 98.2 Å². The first-order valence-electron chi connectivity index (χ1n) is 18.1. The molecule has 52 heavy (non-hydrogen) atoms. The number of aromatic nitrogens is 1. The largest absolute Gasteiger partial charge is 0.492 e. The number of amides is 2. The van der Waals surface area contributed by atoms with E-state index < -0.39 is 23.3 Å². The van der Waals surface area contributed by atoms with Gasteiger partial charge in [0.05, 0.1) is 6.04 Å². The predicted octanol–water partition coefficient (Wildman–Crippen LogP) is 6.77. The van der Waals surface area contributed by atoms with Crippen LogP contribution in [0.2, 0.25) is 0 Å². The first-order chi connectivity index (χ1) is 24.9. The molecular formula is C41H52F3N5O3. The number of alkyl halides is 1. The maximum absolute atomic E-state index is 16.1. The zero-order valence-corrected chi connectivity index (χ0v) is 30.7. The zero-order chi connectivity index (χ0) is 37.7. The lowest BCUT2D eigenvalue weighted by atomic mass is 9.87. The number of hydrogen-bond acceptors (Lipinski definition) is 5. The summed E-state index contributed by atoms with van der Waals surface area (Å²) in [5.41, 5.74) is 0.726. The van der Waals surface area contributed by atoms with Gasteiger partial charge in [-0.15, -0.1) is 12.3 Å². The number of nitrogens with zero attached hydrogens (tertiary/aromatic N) is 2. The lowest BCUT2D eigenvalue weighted by molar-refractivity contribution is -0.117. The lowest BCUT2D eigenvalue weighted by Gasteiger charge is -2.43. The van der Waals surface area contributed by atoms with E-state index in [1.807, 2.05) is 47.9 Å². The van der Waals surface area contributed by atoms with Gasteiger partial charge in [-0.2, -0.15) is 0 Å². The Morgan fingerprint density at radius 2 is 1.71 bits per heavy atom. The van der Waals surface area contributed by atoms with Crippen LogP contribution in [0.4, 0.5) is 13.2 Å². The molecule has 11 heteroatoms. The van der Waals surface area contributed by atoms with Crippen LogP contribution in [-0.2, 0) is 16.0 Å². The summed E-state index contributed by atoms with van der Waals surface area (Å²) in [4.78, 5) is 31.5. The topological polar surface area (TPSA) is 89.7 Å². The number of nitrogens with one attached hydrogen (secondary N) is 3. The summed E-state index contributed by atoms with van der Waals surface area (Å²) >= 11 is 0. The lowest BCUT2D eigenvalue weighted by Crippen LogP contribution is -2.48. The second-order valence-electron chi connectivity index (χ2n) is 13.9. The minimum atomic E-state index is -1.60. The highest BCUT2D eigenvalue weighted by molar-refractivity contribution is 5.88. The number of benzene rings is 2. The van der Waals surface area contributed by atoms with E-state index in [0.29, 0.717) is 57.7 Å². The molecule has 0 bridgehead atoms. The average Bonchev–Trinajstić information content (AvgIpc) is 3.45. The van der Waals surface area contributed by atoms with Gasteiger partial charge in [0.25, 0.3) is 0 Å². The molecule has 0 saturated heterocycles.